The van der Waals surface area contributed by atoms with Gasteiger partial charge in [0, 0.05) is 13.1 Å². The van der Waals surface area contributed by atoms with Gasteiger partial charge in [-0.05, 0) is 12.5 Å². The lowest BCUT2D eigenvalue weighted by molar-refractivity contribution is -0.144. The molecule has 0 spiro atoms. The number of rotatable bonds is 6. The maximum absolute atomic E-state index is 12.2. The minimum atomic E-state index is -1.02. The van der Waals surface area contributed by atoms with E-state index >= 15 is 0 Å². The fourth-order valence-electron chi connectivity index (χ4n) is 1.79. The van der Waals surface area contributed by atoms with Gasteiger partial charge in [0.15, 0.2) is 0 Å². The zero-order valence-corrected chi connectivity index (χ0v) is 10.4. The first-order chi connectivity index (χ1) is 8.60. The van der Waals surface area contributed by atoms with Crippen molar-refractivity contribution >= 4 is 11.9 Å². The molecule has 1 aromatic carbocycles. The summed E-state index contributed by atoms with van der Waals surface area (Å²) in [7, 11) is 0. The largest absolute Gasteiger partial charge is 0.480 e. The fourth-order valence-corrected chi connectivity index (χ4v) is 1.79. The number of likely N-dealkylation sites (N-methyl/N-ethyl adjacent to an activating group) is 1. The summed E-state index contributed by atoms with van der Waals surface area (Å²) in [6.45, 7) is 1.98. The van der Waals surface area contributed by atoms with Crippen LogP contribution in [0.25, 0.3) is 0 Å². The first-order valence-electron chi connectivity index (χ1n) is 5.85. The first kappa shape index (κ1) is 14.2. The van der Waals surface area contributed by atoms with Crippen molar-refractivity contribution in [1.29, 1.82) is 0 Å². The second kappa shape index (κ2) is 6.76. The lowest BCUT2D eigenvalue weighted by atomic mass is 9.97. The lowest BCUT2D eigenvalue weighted by Gasteiger charge is -2.24. The van der Waals surface area contributed by atoms with Gasteiger partial charge in [-0.3, -0.25) is 9.59 Å². The third-order valence-electron chi connectivity index (χ3n) is 2.76. The van der Waals surface area contributed by atoms with Crippen LogP contribution in [0.5, 0.6) is 0 Å². The average molecular weight is 250 g/mol. The van der Waals surface area contributed by atoms with Crippen LogP contribution >= 0.6 is 0 Å². The van der Waals surface area contributed by atoms with E-state index in [2.05, 4.69) is 0 Å². The molecule has 1 aromatic rings. The van der Waals surface area contributed by atoms with E-state index in [4.69, 9.17) is 10.8 Å². The molecule has 1 rings (SSSR count). The van der Waals surface area contributed by atoms with Gasteiger partial charge in [0.2, 0.25) is 5.91 Å². The van der Waals surface area contributed by atoms with Crippen molar-refractivity contribution in [3.63, 3.8) is 0 Å². The highest BCUT2D eigenvalue weighted by Gasteiger charge is 2.24. The predicted molar refractivity (Wildman–Crippen MR) is 68.1 cm³/mol. The third kappa shape index (κ3) is 3.56. The summed E-state index contributed by atoms with van der Waals surface area (Å²) < 4.78 is 0. The van der Waals surface area contributed by atoms with E-state index in [1.165, 1.54) is 4.90 Å². The topological polar surface area (TPSA) is 83.6 Å². The Kier molecular flexibility index (Phi) is 5.32. The Morgan fingerprint density at radius 3 is 2.39 bits per heavy atom. The molecule has 0 bridgehead atoms. The number of aliphatic carboxylic acids is 1. The Morgan fingerprint density at radius 2 is 1.94 bits per heavy atom. The zero-order valence-electron chi connectivity index (χ0n) is 10.4. The molecular formula is C13H18N2O3. The molecular weight excluding hydrogens is 232 g/mol. The van der Waals surface area contributed by atoms with Crippen molar-refractivity contribution in [1.82, 2.24) is 4.90 Å². The molecule has 0 aliphatic heterocycles. The molecule has 0 heterocycles. The smallest absolute Gasteiger partial charge is 0.323 e. The molecule has 5 heteroatoms. The van der Waals surface area contributed by atoms with Crippen LogP contribution in [0.15, 0.2) is 30.3 Å². The Hall–Kier alpha value is -1.88. The summed E-state index contributed by atoms with van der Waals surface area (Å²) in [6.07, 6.45) is 0. The minimum absolute atomic E-state index is 0.166. The van der Waals surface area contributed by atoms with Crippen LogP contribution in [-0.2, 0) is 9.59 Å². The van der Waals surface area contributed by atoms with E-state index in [1.54, 1.807) is 6.92 Å². The molecule has 0 saturated heterocycles. The molecule has 0 saturated carbocycles. The summed E-state index contributed by atoms with van der Waals surface area (Å²) in [5.74, 6) is -1.74. The predicted octanol–water partition coefficient (Wildman–Crippen LogP) is 0.662. The number of carboxylic acids is 1. The number of hydrogen-bond donors (Lipinski definition) is 2. The summed E-state index contributed by atoms with van der Waals surface area (Å²) in [6, 6.07) is 9.17. The number of hydrogen-bond acceptors (Lipinski definition) is 3. The van der Waals surface area contributed by atoms with Crippen LogP contribution in [0.2, 0.25) is 0 Å². The van der Waals surface area contributed by atoms with Gasteiger partial charge in [-0.1, -0.05) is 30.3 Å². The van der Waals surface area contributed by atoms with Crippen LogP contribution in [0, 0.1) is 0 Å². The van der Waals surface area contributed by atoms with E-state index in [0.717, 1.165) is 5.56 Å². The van der Waals surface area contributed by atoms with Gasteiger partial charge in [0.05, 0.1) is 5.92 Å². The quantitative estimate of drug-likeness (QED) is 0.777. The Morgan fingerprint density at radius 1 is 1.33 bits per heavy atom. The normalized spacial score (nSPS) is 11.9. The fraction of sp³-hybridized carbons (Fsp3) is 0.385. The molecule has 0 fully saturated rings. The van der Waals surface area contributed by atoms with Crippen LogP contribution in [0.3, 0.4) is 0 Å². The third-order valence-corrected chi connectivity index (χ3v) is 2.76. The summed E-state index contributed by atoms with van der Waals surface area (Å²) in [4.78, 5) is 24.2. The maximum atomic E-state index is 12.2. The molecule has 0 aliphatic rings. The molecule has 0 radical (unpaired) electrons. The van der Waals surface area contributed by atoms with E-state index in [-0.39, 0.29) is 19.0 Å². The highest BCUT2D eigenvalue weighted by Crippen LogP contribution is 2.17. The number of carboxylic acid groups (broad SMARTS) is 1. The summed E-state index contributed by atoms with van der Waals surface area (Å²) >= 11 is 0. The van der Waals surface area contributed by atoms with Crippen LogP contribution in [0.4, 0.5) is 0 Å². The highest BCUT2D eigenvalue weighted by atomic mass is 16.4. The monoisotopic (exact) mass is 250 g/mol. The van der Waals surface area contributed by atoms with E-state index in [9.17, 15) is 9.59 Å². The van der Waals surface area contributed by atoms with Crippen molar-refractivity contribution < 1.29 is 14.7 Å². The molecule has 0 aromatic heterocycles. The number of carbonyl (C=O) groups excluding carboxylic acids is 1. The Labute approximate surface area is 106 Å². The number of nitrogens with two attached hydrogens (primary N) is 1. The van der Waals surface area contributed by atoms with Crippen molar-refractivity contribution in [3.05, 3.63) is 35.9 Å². The minimum Gasteiger partial charge on any atom is -0.480 e. The van der Waals surface area contributed by atoms with Crippen molar-refractivity contribution in [2.75, 3.05) is 19.6 Å². The molecule has 1 atom stereocenters. The number of carbonyl (C=O) groups is 2. The SMILES string of the molecule is CCN(CC(=O)O)C(=O)C(CN)c1ccccc1. The summed E-state index contributed by atoms with van der Waals surface area (Å²) in [5.41, 5.74) is 6.45. The molecule has 1 unspecified atom stereocenters. The molecule has 98 valence electrons. The highest BCUT2D eigenvalue weighted by molar-refractivity contribution is 5.87. The van der Waals surface area contributed by atoms with Crippen molar-refractivity contribution in [3.8, 4) is 0 Å². The average Bonchev–Trinajstić information content (AvgIpc) is 2.37. The molecule has 1 amide bonds. The van der Waals surface area contributed by atoms with Gasteiger partial charge in [-0.2, -0.15) is 0 Å². The molecule has 0 aliphatic carbocycles. The molecule has 5 nitrogen and oxygen atoms in total. The van der Waals surface area contributed by atoms with E-state index < -0.39 is 11.9 Å². The Bertz CT molecular complexity index is 406. The van der Waals surface area contributed by atoms with Gasteiger partial charge >= 0.3 is 5.97 Å². The number of nitrogens with zero attached hydrogens (tertiary/aromatic N) is 1. The van der Waals surface area contributed by atoms with E-state index in [0.29, 0.717) is 6.54 Å². The van der Waals surface area contributed by atoms with Crippen LogP contribution in [0.1, 0.15) is 18.4 Å². The van der Waals surface area contributed by atoms with Gasteiger partial charge in [0.25, 0.3) is 0 Å². The van der Waals surface area contributed by atoms with Crippen LogP contribution in [-0.4, -0.2) is 41.5 Å². The van der Waals surface area contributed by atoms with Crippen molar-refractivity contribution in [2.24, 2.45) is 5.73 Å². The van der Waals surface area contributed by atoms with Crippen LogP contribution < -0.4 is 5.73 Å². The van der Waals surface area contributed by atoms with Gasteiger partial charge in [-0.25, -0.2) is 0 Å². The number of benzene rings is 1. The standard InChI is InChI=1S/C13H18N2O3/c1-2-15(9-12(16)17)13(18)11(8-14)10-6-4-3-5-7-10/h3-7,11H,2,8-9,14H2,1H3,(H,16,17). The first-order valence-corrected chi connectivity index (χ1v) is 5.85. The van der Waals surface area contributed by atoms with Gasteiger partial charge in [-0.15, -0.1) is 0 Å². The van der Waals surface area contributed by atoms with Crippen molar-refractivity contribution in [2.45, 2.75) is 12.8 Å². The second-order valence-electron chi connectivity index (χ2n) is 3.95. The van der Waals surface area contributed by atoms with E-state index in [1.807, 2.05) is 30.3 Å². The zero-order chi connectivity index (χ0) is 13.5. The Balaban J connectivity index is 2.87. The molecule has 18 heavy (non-hydrogen) atoms. The maximum Gasteiger partial charge on any atom is 0.323 e. The lowest BCUT2D eigenvalue weighted by Crippen LogP contribution is -2.40. The van der Waals surface area contributed by atoms with Gasteiger partial charge < -0.3 is 15.7 Å². The molecule has 3 N–H and O–H groups in total. The summed E-state index contributed by atoms with van der Waals surface area (Å²) in [5, 5.41) is 8.76. The second-order valence-corrected chi connectivity index (χ2v) is 3.95. The number of amides is 1. The van der Waals surface area contributed by atoms with Gasteiger partial charge in [0.1, 0.15) is 6.54 Å².